The number of amides is 1. The van der Waals surface area contributed by atoms with Crippen LogP contribution < -0.4 is 0 Å². The lowest BCUT2D eigenvalue weighted by Gasteiger charge is -2.29. The molecule has 1 aromatic carbocycles. The predicted octanol–water partition coefficient (Wildman–Crippen LogP) is 3.33. The van der Waals surface area contributed by atoms with Crippen LogP contribution in [0.15, 0.2) is 18.2 Å². The Kier molecular flexibility index (Phi) is 4.50. The first-order chi connectivity index (χ1) is 11.0. The van der Waals surface area contributed by atoms with E-state index in [0.29, 0.717) is 25.9 Å². The summed E-state index contributed by atoms with van der Waals surface area (Å²) < 4.78 is 0. The molecule has 0 radical (unpaired) electrons. The zero-order valence-electron chi connectivity index (χ0n) is 13.8. The van der Waals surface area contributed by atoms with E-state index in [1.165, 1.54) is 22.5 Å². The van der Waals surface area contributed by atoms with Crippen LogP contribution in [0.3, 0.4) is 0 Å². The number of aliphatic hydroxyl groups is 1. The van der Waals surface area contributed by atoms with E-state index in [2.05, 4.69) is 37.0 Å². The summed E-state index contributed by atoms with van der Waals surface area (Å²) in [5.41, 5.74) is 4.29. The molecule has 4 nitrogen and oxygen atoms in total. The highest BCUT2D eigenvalue weighted by Crippen LogP contribution is 2.31. The first-order valence-corrected chi connectivity index (χ1v) is 8.79. The predicted molar refractivity (Wildman–Crippen MR) is 92.9 cm³/mol. The molecule has 0 spiro atoms. The molecular weight excluding hydrogens is 308 g/mol. The highest BCUT2D eigenvalue weighted by molar-refractivity contribution is 7.17. The van der Waals surface area contributed by atoms with Crippen molar-refractivity contribution in [2.24, 2.45) is 0 Å². The van der Waals surface area contributed by atoms with Crippen LogP contribution in [0, 0.1) is 20.8 Å². The quantitative estimate of drug-likeness (QED) is 0.919. The summed E-state index contributed by atoms with van der Waals surface area (Å²) in [6.45, 7) is 7.29. The van der Waals surface area contributed by atoms with Gasteiger partial charge in [0.15, 0.2) is 0 Å². The van der Waals surface area contributed by atoms with Crippen LogP contribution in [0.1, 0.15) is 39.3 Å². The lowest BCUT2D eigenvalue weighted by molar-refractivity contribution is 0.0550. The minimum absolute atomic E-state index is 0.0444. The van der Waals surface area contributed by atoms with Crippen LogP contribution in [0.4, 0.5) is 0 Å². The Labute approximate surface area is 140 Å². The number of nitrogens with zero attached hydrogens (tertiary/aromatic N) is 2. The van der Waals surface area contributed by atoms with Crippen molar-refractivity contribution in [2.75, 3.05) is 13.1 Å². The van der Waals surface area contributed by atoms with Gasteiger partial charge in [-0.15, -0.1) is 11.3 Å². The fourth-order valence-electron chi connectivity index (χ4n) is 2.98. The van der Waals surface area contributed by atoms with Gasteiger partial charge in [0.25, 0.3) is 5.91 Å². The fraction of sp³-hybridized carbons (Fsp3) is 0.444. The highest BCUT2D eigenvalue weighted by atomic mass is 32.1. The number of hydrogen-bond acceptors (Lipinski definition) is 4. The van der Waals surface area contributed by atoms with E-state index in [1.807, 2.05) is 11.8 Å². The molecule has 0 atom stereocenters. The van der Waals surface area contributed by atoms with Crippen molar-refractivity contribution in [3.8, 4) is 10.6 Å². The zero-order valence-corrected chi connectivity index (χ0v) is 14.6. The molecule has 1 aliphatic heterocycles. The van der Waals surface area contributed by atoms with Gasteiger partial charge in [-0.25, -0.2) is 4.98 Å². The van der Waals surface area contributed by atoms with Crippen LogP contribution in [-0.2, 0) is 0 Å². The first kappa shape index (κ1) is 16.1. The van der Waals surface area contributed by atoms with Crippen molar-refractivity contribution >= 4 is 17.2 Å². The summed E-state index contributed by atoms with van der Waals surface area (Å²) >= 11 is 1.47. The van der Waals surface area contributed by atoms with Gasteiger partial charge in [-0.1, -0.05) is 23.8 Å². The van der Waals surface area contributed by atoms with Gasteiger partial charge in [0.2, 0.25) is 0 Å². The van der Waals surface area contributed by atoms with Gasteiger partial charge >= 0.3 is 0 Å². The maximum absolute atomic E-state index is 12.7. The zero-order chi connectivity index (χ0) is 16.6. The molecule has 0 saturated carbocycles. The maximum atomic E-state index is 12.7. The Bertz CT molecular complexity index is 731. The molecule has 1 amide bonds. The smallest absolute Gasteiger partial charge is 0.265 e. The molecule has 0 unspecified atom stereocenters. The molecule has 23 heavy (non-hydrogen) atoms. The Balaban J connectivity index is 1.87. The second-order valence-corrected chi connectivity index (χ2v) is 7.27. The number of likely N-dealkylation sites (tertiary alicyclic amines) is 1. The second-order valence-electron chi connectivity index (χ2n) is 6.28. The molecule has 2 aromatic rings. The molecule has 1 saturated heterocycles. The summed E-state index contributed by atoms with van der Waals surface area (Å²) in [4.78, 5) is 19.9. The van der Waals surface area contributed by atoms with Gasteiger partial charge in [-0.3, -0.25) is 4.79 Å². The van der Waals surface area contributed by atoms with E-state index in [-0.39, 0.29) is 12.0 Å². The van der Waals surface area contributed by atoms with Crippen molar-refractivity contribution in [3.63, 3.8) is 0 Å². The number of aromatic nitrogens is 1. The monoisotopic (exact) mass is 330 g/mol. The van der Waals surface area contributed by atoms with Crippen LogP contribution in [0.25, 0.3) is 10.6 Å². The Morgan fingerprint density at radius 1 is 1.26 bits per heavy atom. The number of thiazole rings is 1. The fourth-order valence-corrected chi connectivity index (χ4v) is 4.10. The minimum Gasteiger partial charge on any atom is -0.393 e. The normalized spacial score (nSPS) is 15.9. The van der Waals surface area contributed by atoms with E-state index < -0.39 is 0 Å². The first-order valence-electron chi connectivity index (χ1n) is 7.98. The van der Waals surface area contributed by atoms with E-state index >= 15 is 0 Å². The van der Waals surface area contributed by atoms with Crippen LogP contribution in [0.5, 0.6) is 0 Å². The van der Waals surface area contributed by atoms with Crippen LogP contribution >= 0.6 is 11.3 Å². The van der Waals surface area contributed by atoms with Gasteiger partial charge < -0.3 is 10.0 Å². The summed E-state index contributed by atoms with van der Waals surface area (Å²) in [6, 6.07) is 6.29. The van der Waals surface area contributed by atoms with E-state index in [0.717, 1.165) is 21.1 Å². The molecule has 1 aliphatic rings. The number of aliphatic hydroxyl groups excluding tert-OH is 1. The van der Waals surface area contributed by atoms with Gasteiger partial charge in [-0.05, 0) is 39.2 Å². The Morgan fingerprint density at radius 2 is 1.96 bits per heavy atom. The SMILES string of the molecule is Cc1ccc(-c2nc(C)c(C(=O)N3CCC(O)CC3)s2)c(C)c1. The third-order valence-corrected chi connectivity index (χ3v) is 5.53. The van der Waals surface area contributed by atoms with E-state index in [4.69, 9.17) is 0 Å². The molecule has 1 N–H and O–H groups in total. The average Bonchev–Trinajstić information content (AvgIpc) is 2.89. The lowest BCUT2D eigenvalue weighted by Crippen LogP contribution is -2.39. The van der Waals surface area contributed by atoms with E-state index in [9.17, 15) is 9.90 Å². The van der Waals surface area contributed by atoms with Gasteiger partial charge in [-0.2, -0.15) is 0 Å². The summed E-state index contributed by atoms with van der Waals surface area (Å²) in [5, 5.41) is 10.5. The number of carbonyl (C=O) groups excluding carboxylic acids is 1. The van der Waals surface area contributed by atoms with Gasteiger partial charge in [0.05, 0.1) is 11.8 Å². The Hall–Kier alpha value is -1.72. The average molecular weight is 330 g/mol. The number of hydrogen-bond donors (Lipinski definition) is 1. The molecule has 1 aromatic heterocycles. The molecule has 0 aliphatic carbocycles. The summed E-state index contributed by atoms with van der Waals surface area (Å²) in [6.07, 6.45) is 1.05. The largest absolute Gasteiger partial charge is 0.393 e. The van der Waals surface area contributed by atoms with Crippen molar-refractivity contribution < 1.29 is 9.90 Å². The third-order valence-electron chi connectivity index (χ3n) is 4.35. The van der Waals surface area contributed by atoms with E-state index in [1.54, 1.807) is 0 Å². The number of benzene rings is 1. The van der Waals surface area contributed by atoms with Crippen molar-refractivity contribution in [3.05, 3.63) is 39.9 Å². The topological polar surface area (TPSA) is 53.4 Å². The molecule has 1 fully saturated rings. The minimum atomic E-state index is -0.271. The van der Waals surface area contributed by atoms with Crippen molar-refractivity contribution in [1.29, 1.82) is 0 Å². The molecular formula is C18H22N2O2S. The Morgan fingerprint density at radius 3 is 2.61 bits per heavy atom. The molecule has 5 heteroatoms. The standard InChI is InChI=1S/C18H22N2O2S/c1-11-4-5-15(12(2)10-11)17-19-13(3)16(23-17)18(22)20-8-6-14(21)7-9-20/h4-5,10,14,21H,6-9H2,1-3H3. The summed E-state index contributed by atoms with van der Waals surface area (Å²) in [7, 11) is 0. The number of aryl methyl sites for hydroxylation is 3. The van der Waals surface area contributed by atoms with Gasteiger partial charge in [0.1, 0.15) is 9.88 Å². The molecule has 0 bridgehead atoms. The molecule has 3 rings (SSSR count). The molecule has 122 valence electrons. The van der Waals surface area contributed by atoms with Crippen molar-refractivity contribution in [1.82, 2.24) is 9.88 Å². The number of piperidine rings is 1. The van der Waals surface area contributed by atoms with Crippen molar-refractivity contribution in [2.45, 2.75) is 39.7 Å². The highest BCUT2D eigenvalue weighted by Gasteiger charge is 2.26. The second kappa shape index (κ2) is 6.42. The number of carbonyl (C=O) groups is 1. The maximum Gasteiger partial charge on any atom is 0.265 e. The summed E-state index contributed by atoms with van der Waals surface area (Å²) in [5.74, 6) is 0.0444. The van der Waals surface area contributed by atoms with Crippen LogP contribution in [0.2, 0.25) is 0 Å². The molecule has 2 heterocycles. The van der Waals surface area contributed by atoms with Gasteiger partial charge in [0, 0.05) is 18.7 Å². The van der Waals surface area contributed by atoms with Crippen LogP contribution in [-0.4, -0.2) is 40.1 Å². The lowest BCUT2D eigenvalue weighted by atomic mass is 10.1. The number of rotatable bonds is 2. The third kappa shape index (κ3) is 3.31.